The summed E-state index contributed by atoms with van der Waals surface area (Å²) < 4.78 is 12.1. The lowest BCUT2D eigenvalue weighted by Gasteiger charge is -2.14. The Bertz CT molecular complexity index is 928. The van der Waals surface area contributed by atoms with Crippen LogP contribution in [0.1, 0.15) is 197 Å². The van der Waals surface area contributed by atoms with Gasteiger partial charge >= 0.3 is 0 Å². The minimum atomic E-state index is 0.592. The number of allylic oxidation sites excluding steroid dienone is 6. The van der Waals surface area contributed by atoms with Gasteiger partial charge in [0.1, 0.15) is 11.5 Å². The van der Waals surface area contributed by atoms with Crippen LogP contribution in [0.15, 0.2) is 48.6 Å². The molecule has 1 aromatic carbocycles. The molecule has 0 unspecified atom stereocenters. The standard InChI is InChI=1S/C44H74O3/c1-4-6-8-10-12-14-16-18-20-22-24-26-28-30-32-34-36-46-43-39-42(40-45)44(38-41(43)3)47-37-35-33-31-29-27-25-23-21-19-17-15-13-11-9-7-5-2/h12-15,18,20,38-40H,4-11,16-17,19,21-37H2,1-3H3/b14-12-,15-13-,20-18-. The lowest BCUT2D eigenvalue weighted by atomic mass is 10.1. The lowest BCUT2D eigenvalue weighted by Crippen LogP contribution is -2.03. The predicted molar refractivity (Wildman–Crippen MR) is 206 cm³/mol. The fraction of sp³-hybridized carbons (Fsp3) is 0.705. The van der Waals surface area contributed by atoms with Crippen LogP contribution < -0.4 is 9.47 Å². The largest absolute Gasteiger partial charge is 0.493 e. The normalized spacial score (nSPS) is 11.8. The van der Waals surface area contributed by atoms with E-state index in [4.69, 9.17) is 9.47 Å². The quantitative estimate of drug-likeness (QED) is 0.0423. The van der Waals surface area contributed by atoms with Crippen molar-refractivity contribution >= 4 is 6.29 Å². The molecule has 0 amide bonds. The number of carbonyl (C=O) groups excluding carboxylic acids is 1. The molecule has 0 aliphatic carbocycles. The van der Waals surface area contributed by atoms with E-state index >= 15 is 0 Å². The van der Waals surface area contributed by atoms with E-state index in [1.165, 1.54) is 148 Å². The van der Waals surface area contributed by atoms with Gasteiger partial charge in [-0.15, -0.1) is 0 Å². The Morgan fingerprint density at radius 2 is 0.851 bits per heavy atom. The fourth-order valence-electron chi connectivity index (χ4n) is 5.85. The van der Waals surface area contributed by atoms with Crippen LogP contribution >= 0.6 is 0 Å². The molecule has 1 rings (SSSR count). The molecule has 0 heterocycles. The summed E-state index contributed by atoms with van der Waals surface area (Å²) >= 11 is 0. The summed E-state index contributed by atoms with van der Waals surface area (Å²) in [6, 6.07) is 3.83. The molecule has 0 aliphatic rings. The maximum Gasteiger partial charge on any atom is 0.153 e. The molecule has 0 aromatic heterocycles. The summed E-state index contributed by atoms with van der Waals surface area (Å²) in [4.78, 5) is 11.8. The molecule has 1 aromatic rings. The van der Waals surface area contributed by atoms with Crippen molar-refractivity contribution in [2.45, 2.75) is 188 Å². The Kier molecular flexibility index (Phi) is 30.6. The number of unbranched alkanes of at least 4 members (excludes halogenated alkanes) is 21. The second-order valence-electron chi connectivity index (χ2n) is 13.5. The van der Waals surface area contributed by atoms with Gasteiger partial charge in [0.15, 0.2) is 6.29 Å². The highest BCUT2D eigenvalue weighted by molar-refractivity contribution is 5.80. The molecule has 0 bridgehead atoms. The number of rotatable bonds is 34. The van der Waals surface area contributed by atoms with Gasteiger partial charge < -0.3 is 9.47 Å². The molecule has 3 heteroatoms. The van der Waals surface area contributed by atoms with Crippen molar-refractivity contribution in [3.8, 4) is 11.5 Å². The number of benzene rings is 1. The van der Waals surface area contributed by atoms with E-state index in [-0.39, 0.29) is 0 Å². The molecular formula is C44H74O3. The lowest BCUT2D eigenvalue weighted by molar-refractivity contribution is 0.111. The summed E-state index contributed by atoms with van der Waals surface area (Å²) in [5.74, 6) is 1.50. The van der Waals surface area contributed by atoms with E-state index in [2.05, 4.69) is 50.3 Å². The Hall–Kier alpha value is -2.29. The second-order valence-corrected chi connectivity index (χ2v) is 13.5. The van der Waals surface area contributed by atoms with Crippen LogP contribution in [0.2, 0.25) is 0 Å². The number of carbonyl (C=O) groups is 1. The third-order valence-corrected chi connectivity index (χ3v) is 8.95. The van der Waals surface area contributed by atoms with Crippen molar-refractivity contribution < 1.29 is 14.3 Å². The van der Waals surface area contributed by atoms with Gasteiger partial charge in [-0.1, -0.05) is 147 Å². The highest BCUT2D eigenvalue weighted by Crippen LogP contribution is 2.28. The van der Waals surface area contributed by atoms with Gasteiger partial charge in [0.2, 0.25) is 0 Å². The van der Waals surface area contributed by atoms with Crippen LogP contribution in [0, 0.1) is 6.92 Å². The zero-order valence-electron chi connectivity index (χ0n) is 31.2. The minimum absolute atomic E-state index is 0.592. The molecule has 0 aliphatic heterocycles. The number of aldehydes is 1. The first-order chi connectivity index (χ1) is 23.2. The summed E-state index contributed by atoms with van der Waals surface area (Å²) in [7, 11) is 0. The number of hydrogen-bond acceptors (Lipinski definition) is 3. The first-order valence-corrected chi connectivity index (χ1v) is 20.0. The van der Waals surface area contributed by atoms with Crippen LogP contribution in [-0.4, -0.2) is 19.5 Å². The molecule has 0 atom stereocenters. The molecule has 0 N–H and O–H groups in total. The average molecular weight is 651 g/mol. The third kappa shape index (κ3) is 26.4. The second kappa shape index (κ2) is 33.6. The van der Waals surface area contributed by atoms with Gasteiger partial charge in [0.05, 0.1) is 18.8 Å². The Balaban J connectivity index is 2.04. The van der Waals surface area contributed by atoms with Gasteiger partial charge in [-0.3, -0.25) is 4.79 Å². The molecule has 268 valence electrons. The molecule has 0 saturated carbocycles. The molecule has 3 nitrogen and oxygen atoms in total. The summed E-state index contributed by atoms with van der Waals surface area (Å²) in [6.07, 6.45) is 47.9. The maximum absolute atomic E-state index is 11.8. The van der Waals surface area contributed by atoms with E-state index in [0.29, 0.717) is 24.5 Å². The van der Waals surface area contributed by atoms with Gasteiger partial charge in [0.25, 0.3) is 0 Å². The first kappa shape index (κ1) is 42.7. The highest BCUT2D eigenvalue weighted by Gasteiger charge is 2.10. The highest BCUT2D eigenvalue weighted by atomic mass is 16.5. The smallest absolute Gasteiger partial charge is 0.153 e. The molecular weight excluding hydrogens is 576 g/mol. The van der Waals surface area contributed by atoms with Crippen LogP contribution in [0.4, 0.5) is 0 Å². The SMILES string of the molecule is CCCCC/C=C\C/C=C\CCCCCCCCOc1cc(C=O)c(OCCCCCCCCCCC/C=C\CCCCC)cc1C. The monoisotopic (exact) mass is 651 g/mol. The zero-order chi connectivity index (χ0) is 33.9. The topological polar surface area (TPSA) is 35.5 Å². The van der Waals surface area contributed by atoms with Gasteiger partial charge in [-0.2, -0.15) is 0 Å². The summed E-state index contributed by atoms with van der Waals surface area (Å²) in [6.45, 7) is 7.93. The van der Waals surface area contributed by atoms with Crippen LogP contribution in [0.25, 0.3) is 0 Å². The number of aryl methyl sites for hydroxylation is 1. The van der Waals surface area contributed by atoms with Crippen LogP contribution in [0.3, 0.4) is 0 Å². The van der Waals surface area contributed by atoms with E-state index < -0.39 is 0 Å². The van der Waals surface area contributed by atoms with Crippen LogP contribution in [0.5, 0.6) is 11.5 Å². The molecule has 0 saturated heterocycles. The van der Waals surface area contributed by atoms with Crippen molar-refractivity contribution in [1.29, 1.82) is 0 Å². The van der Waals surface area contributed by atoms with Gasteiger partial charge in [-0.25, -0.2) is 0 Å². The molecule has 0 fully saturated rings. The predicted octanol–water partition coefficient (Wildman–Crippen LogP) is 14.4. The van der Waals surface area contributed by atoms with Gasteiger partial charge in [-0.05, 0) is 95.2 Å². The van der Waals surface area contributed by atoms with E-state index in [0.717, 1.165) is 36.9 Å². The van der Waals surface area contributed by atoms with Crippen molar-refractivity contribution in [3.63, 3.8) is 0 Å². The Morgan fingerprint density at radius 1 is 0.468 bits per heavy atom. The number of hydrogen-bond donors (Lipinski definition) is 0. The number of ether oxygens (including phenoxy) is 2. The summed E-state index contributed by atoms with van der Waals surface area (Å²) in [5, 5.41) is 0. The Morgan fingerprint density at radius 3 is 1.30 bits per heavy atom. The van der Waals surface area contributed by atoms with E-state index in [1.807, 2.05) is 19.1 Å². The minimum Gasteiger partial charge on any atom is -0.493 e. The summed E-state index contributed by atoms with van der Waals surface area (Å²) in [5.41, 5.74) is 1.63. The van der Waals surface area contributed by atoms with Crippen molar-refractivity contribution in [2.75, 3.05) is 13.2 Å². The molecule has 47 heavy (non-hydrogen) atoms. The van der Waals surface area contributed by atoms with Crippen molar-refractivity contribution in [2.24, 2.45) is 0 Å². The zero-order valence-corrected chi connectivity index (χ0v) is 31.2. The van der Waals surface area contributed by atoms with Gasteiger partial charge in [0, 0.05) is 0 Å². The van der Waals surface area contributed by atoms with E-state index in [9.17, 15) is 4.79 Å². The molecule has 0 spiro atoms. The van der Waals surface area contributed by atoms with Crippen molar-refractivity contribution in [1.82, 2.24) is 0 Å². The first-order valence-electron chi connectivity index (χ1n) is 20.0. The fourth-order valence-corrected chi connectivity index (χ4v) is 5.85. The maximum atomic E-state index is 11.8. The Labute approximate surface area is 292 Å². The van der Waals surface area contributed by atoms with Crippen molar-refractivity contribution in [3.05, 3.63) is 59.7 Å². The molecule has 0 radical (unpaired) electrons. The average Bonchev–Trinajstić information content (AvgIpc) is 3.08. The van der Waals surface area contributed by atoms with Crippen LogP contribution in [-0.2, 0) is 0 Å². The third-order valence-electron chi connectivity index (χ3n) is 8.95. The van der Waals surface area contributed by atoms with E-state index in [1.54, 1.807) is 0 Å².